The third-order valence-electron chi connectivity index (χ3n) is 2.41. The van der Waals surface area contributed by atoms with Crippen LogP contribution in [0.4, 0.5) is 16.2 Å². The van der Waals surface area contributed by atoms with Gasteiger partial charge >= 0.3 is 6.03 Å². The Morgan fingerprint density at radius 2 is 2.22 bits per heavy atom. The van der Waals surface area contributed by atoms with Crippen molar-refractivity contribution < 1.29 is 9.72 Å². The second-order valence-corrected chi connectivity index (χ2v) is 4.10. The maximum Gasteiger partial charge on any atom is 0.319 e. The van der Waals surface area contributed by atoms with Gasteiger partial charge in [0.05, 0.1) is 4.92 Å². The second-order valence-electron chi connectivity index (χ2n) is 4.10. The van der Waals surface area contributed by atoms with Gasteiger partial charge in [-0.05, 0) is 19.4 Å². The number of carbonyl (C=O) groups is 1. The minimum absolute atomic E-state index is 0.0468. The Bertz CT molecular complexity index is 434. The fourth-order valence-electron chi connectivity index (χ4n) is 1.59. The fourth-order valence-corrected chi connectivity index (χ4v) is 1.59. The molecule has 6 heteroatoms. The molecule has 0 radical (unpaired) electrons. The minimum Gasteiger partial charge on any atom is -0.335 e. The van der Waals surface area contributed by atoms with Crippen molar-refractivity contribution in [2.24, 2.45) is 0 Å². The number of amides is 2. The molecule has 1 atom stereocenters. The monoisotopic (exact) mass is 251 g/mol. The first kappa shape index (κ1) is 14.0. The quantitative estimate of drug-likeness (QED) is 0.623. The third kappa shape index (κ3) is 4.40. The molecule has 2 amide bonds. The molecule has 1 aromatic rings. The van der Waals surface area contributed by atoms with E-state index in [9.17, 15) is 14.9 Å². The maximum absolute atomic E-state index is 11.6. The zero-order valence-electron chi connectivity index (χ0n) is 10.5. The topological polar surface area (TPSA) is 84.3 Å². The Morgan fingerprint density at radius 1 is 1.50 bits per heavy atom. The number of benzene rings is 1. The molecule has 0 fully saturated rings. The Morgan fingerprint density at radius 3 is 2.83 bits per heavy atom. The first-order valence-electron chi connectivity index (χ1n) is 5.85. The van der Waals surface area contributed by atoms with Gasteiger partial charge in [0, 0.05) is 23.9 Å². The Labute approximate surface area is 106 Å². The molecule has 0 aliphatic carbocycles. The first-order valence-corrected chi connectivity index (χ1v) is 5.85. The highest BCUT2D eigenvalue weighted by Gasteiger charge is 2.09. The minimum atomic E-state index is -0.497. The number of rotatable bonds is 5. The predicted octanol–water partition coefficient (Wildman–Crippen LogP) is 2.90. The van der Waals surface area contributed by atoms with Gasteiger partial charge in [-0.1, -0.05) is 19.4 Å². The van der Waals surface area contributed by atoms with Crippen molar-refractivity contribution in [2.45, 2.75) is 32.7 Å². The third-order valence-corrected chi connectivity index (χ3v) is 2.41. The molecule has 1 unspecified atom stereocenters. The van der Waals surface area contributed by atoms with E-state index in [-0.39, 0.29) is 17.8 Å². The molecule has 18 heavy (non-hydrogen) atoms. The Hall–Kier alpha value is -2.11. The number of nitrogens with zero attached hydrogens (tertiary/aromatic N) is 1. The van der Waals surface area contributed by atoms with Crippen molar-refractivity contribution in [3.8, 4) is 0 Å². The van der Waals surface area contributed by atoms with Crippen LogP contribution >= 0.6 is 0 Å². The predicted molar refractivity (Wildman–Crippen MR) is 69.6 cm³/mol. The van der Waals surface area contributed by atoms with Gasteiger partial charge in [0.1, 0.15) is 0 Å². The summed E-state index contributed by atoms with van der Waals surface area (Å²) in [6.45, 7) is 3.95. The van der Waals surface area contributed by atoms with Crippen molar-refractivity contribution >= 4 is 17.4 Å². The lowest BCUT2D eigenvalue weighted by Crippen LogP contribution is -2.35. The highest BCUT2D eigenvalue weighted by molar-refractivity contribution is 5.89. The van der Waals surface area contributed by atoms with Crippen LogP contribution in [0.1, 0.15) is 26.7 Å². The van der Waals surface area contributed by atoms with Gasteiger partial charge in [-0.15, -0.1) is 0 Å². The smallest absolute Gasteiger partial charge is 0.319 e. The standard InChI is InChI=1S/C12H17N3O3/c1-3-5-9(2)13-12(16)14-10-6-4-7-11(8-10)15(17)18/h4,6-9H,3,5H2,1-2H3,(H2,13,14,16). The number of hydrogen-bond donors (Lipinski definition) is 2. The van der Waals surface area contributed by atoms with Crippen LogP contribution in [0.25, 0.3) is 0 Å². The van der Waals surface area contributed by atoms with Crippen LogP contribution in [-0.4, -0.2) is 17.0 Å². The van der Waals surface area contributed by atoms with Crippen molar-refractivity contribution in [3.05, 3.63) is 34.4 Å². The molecule has 6 nitrogen and oxygen atoms in total. The molecule has 0 saturated carbocycles. The van der Waals surface area contributed by atoms with E-state index in [1.165, 1.54) is 18.2 Å². The highest BCUT2D eigenvalue weighted by Crippen LogP contribution is 2.16. The lowest BCUT2D eigenvalue weighted by atomic mass is 10.2. The van der Waals surface area contributed by atoms with Gasteiger partial charge < -0.3 is 10.6 Å². The SMILES string of the molecule is CCCC(C)NC(=O)Nc1cccc([N+](=O)[O-])c1. The number of urea groups is 1. The van der Waals surface area contributed by atoms with Crippen LogP contribution in [0.15, 0.2) is 24.3 Å². The highest BCUT2D eigenvalue weighted by atomic mass is 16.6. The van der Waals surface area contributed by atoms with E-state index in [4.69, 9.17) is 0 Å². The molecule has 0 aliphatic heterocycles. The van der Waals surface area contributed by atoms with Crippen LogP contribution in [0.2, 0.25) is 0 Å². The second kappa shape index (κ2) is 6.58. The van der Waals surface area contributed by atoms with Gasteiger partial charge in [-0.2, -0.15) is 0 Å². The summed E-state index contributed by atoms with van der Waals surface area (Å²) >= 11 is 0. The van der Waals surface area contributed by atoms with E-state index in [2.05, 4.69) is 10.6 Å². The normalized spacial score (nSPS) is 11.7. The zero-order chi connectivity index (χ0) is 13.5. The Kier molecular flexibility index (Phi) is 5.10. The van der Waals surface area contributed by atoms with Crippen LogP contribution in [0.5, 0.6) is 0 Å². The molecule has 1 rings (SSSR count). The summed E-state index contributed by atoms with van der Waals surface area (Å²) in [7, 11) is 0. The molecule has 1 aromatic carbocycles. The number of anilines is 1. The van der Waals surface area contributed by atoms with Crippen LogP contribution in [0.3, 0.4) is 0 Å². The van der Waals surface area contributed by atoms with Gasteiger partial charge in [0.25, 0.3) is 5.69 Å². The first-order chi connectivity index (χ1) is 8.52. The van der Waals surface area contributed by atoms with Gasteiger partial charge in [-0.25, -0.2) is 4.79 Å². The Balaban J connectivity index is 2.59. The number of nitrogens with one attached hydrogen (secondary N) is 2. The molecular weight excluding hydrogens is 234 g/mol. The summed E-state index contributed by atoms with van der Waals surface area (Å²) in [6.07, 6.45) is 1.88. The molecule has 0 bridgehead atoms. The largest absolute Gasteiger partial charge is 0.335 e. The van der Waals surface area contributed by atoms with Crippen molar-refractivity contribution in [1.82, 2.24) is 5.32 Å². The van der Waals surface area contributed by atoms with Crippen LogP contribution in [-0.2, 0) is 0 Å². The summed E-state index contributed by atoms with van der Waals surface area (Å²) in [5.41, 5.74) is 0.361. The molecular formula is C12H17N3O3. The summed E-state index contributed by atoms with van der Waals surface area (Å²) in [4.78, 5) is 21.7. The molecule has 2 N–H and O–H groups in total. The molecule has 0 aromatic heterocycles. The van der Waals surface area contributed by atoms with Gasteiger partial charge in [0.2, 0.25) is 0 Å². The van der Waals surface area contributed by atoms with Crippen LogP contribution < -0.4 is 10.6 Å². The lowest BCUT2D eigenvalue weighted by Gasteiger charge is -2.13. The summed E-state index contributed by atoms with van der Waals surface area (Å²) < 4.78 is 0. The lowest BCUT2D eigenvalue weighted by molar-refractivity contribution is -0.384. The van der Waals surface area contributed by atoms with E-state index in [0.29, 0.717) is 5.69 Å². The fraction of sp³-hybridized carbons (Fsp3) is 0.417. The summed E-state index contributed by atoms with van der Waals surface area (Å²) in [5.74, 6) is 0. The average Bonchev–Trinajstić information content (AvgIpc) is 2.29. The summed E-state index contributed by atoms with van der Waals surface area (Å²) in [5, 5.41) is 15.9. The molecule has 0 aliphatic rings. The van der Waals surface area contributed by atoms with E-state index >= 15 is 0 Å². The number of non-ortho nitro benzene ring substituents is 1. The number of nitro benzene ring substituents is 1. The average molecular weight is 251 g/mol. The van der Waals surface area contributed by atoms with Crippen molar-refractivity contribution in [1.29, 1.82) is 0 Å². The van der Waals surface area contributed by atoms with E-state index in [1.807, 2.05) is 13.8 Å². The van der Waals surface area contributed by atoms with E-state index < -0.39 is 4.92 Å². The van der Waals surface area contributed by atoms with Crippen molar-refractivity contribution in [3.63, 3.8) is 0 Å². The molecule has 98 valence electrons. The maximum atomic E-state index is 11.6. The molecule has 0 saturated heterocycles. The molecule has 0 spiro atoms. The number of hydrogen-bond acceptors (Lipinski definition) is 3. The van der Waals surface area contributed by atoms with Gasteiger partial charge in [-0.3, -0.25) is 10.1 Å². The van der Waals surface area contributed by atoms with Gasteiger partial charge in [0.15, 0.2) is 0 Å². The van der Waals surface area contributed by atoms with E-state index in [1.54, 1.807) is 6.07 Å². The molecule has 0 heterocycles. The van der Waals surface area contributed by atoms with Crippen LogP contribution in [0, 0.1) is 10.1 Å². The number of nitro groups is 1. The van der Waals surface area contributed by atoms with Crippen molar-refractivity contribution in [2.75, 3.05) is 5.32 Å². The number of carbonyl (C=O) groups excluding carboxylic acids is 1. The van der Waals surface area contributed by atoms with E-state index in [0.717, 1.165) is 12.8 Å². The summed E-state index contributed by atoms with van der Waals surface area (Å²) in [6, 6.07) is 5.57. The zero-order valence-corrected chi connectivity index (χ0v) is 10.5.